The summed E-state index contributed by atoms with van der Waals surface area (Å²) in [5.41, 5.74) is 0. The Kier molecular flexibility index (Phi) is 16.7. The van der Waals surface area contributed by atoms with E-state index >= 15 is 0 Å². The first-order chi connectivity index (χ1) is 30.2. The average Bonchev–Trinajstić information content (AvgIpc) is 3.94. The third-order valence-corrected chi connectivity index (χ3v) is 13.4. The maximum Gasteiger partial charge on any atom is 0.190 e. The fraction of sp³-hybridized carbons (Fsp3) is 1.00. The van der Waals surface area contributed by atoms with Gasteiger partial charge in [-0.1, -0.05) is 19.6 Å². The maximum absolute atomic E-state index is 9.40. The Morgan fingerprint density at radius 3 is 0.821 bits per heavy atom. The molecule has 392 valence electrons. The average molecular weight is 1030 g/mol. The van der Waals surface area contributed by atoms with Gasteiger partial charge in [-0.25, -0.2) is 0 Å². The van der Waals surface area contributed by atoms with E-state index in [0.29, 0.717) is 13.2 Å². The second-order valence-electron chi connectivity index (χ2n) is 24.2. The Hall–Kier alpha value is 0.221. The predicted octanol–water partition coefficient (Wildman–Crippen LogP) is 6.90. The molecule has 9 aliphatic heterocycles. The molecule has 9 heterocycles. The summed E-state index contributed by atoms with van der Waals surface area (Å²) < 4.78 is 101. The van der Waals surface area contributed by atoms with Gasteiger partial charge < -0.3 is 85.0 Å². The summed E-state index contributed by atoms with van der Waals surface area (Å²) in [6, 6.07) is 0. The number of aliphatic hydroxyl groups excluding tert-OH is 1. The van der Waals surface area contributed by atoms with Crippen LogP contribution in [0.2, 0.25) is 58.9 Å². The normalized spacial score (nSPS) is 42.2. The van der Waals surface area contributed by atoms with Crippen LogP contribution in [0.5, 0.6) is 0 Å². The molecule has 9 rings (SSSR count). The molecule has 0 bridgehead atoms. The highest BCUT2D eigenvalue weighted by atomic mass is 35.6. The van der Waals surface area contributed by atoms with Crippen LogP contribution in [0.3, 0.4) is 0 Å². The molecule has 0 saturated carbocycles. The monoisotopic (exact) mass is 1030 g/mol. The fourth-order valence-corrected chi connectivity index (χ4v) is 10.5. The number of aliphatic hydroxyl groups is 1. The Bertz CT molecular complexity index is 1580. The number of fused-ring (bicyclic) bond motifs is 9. The van der Waals surface area contributed by atoms with Crippen LogP contribution in [-0.2, 0) is 79.9 Å². The second-order valence-corrected chi connectivity index (χ2v) is 40.8. The van der Waals surface area contributed by atoms with Crippen LogP contribution in [-0.4, -0.2) is 176 Å². The highest BCUT2D eigenvalue weighted by Gasteiger charge is 2.63. The summed E-state index contributed by atoms with van der Waals surface area (Å²) in [6.07, 6.45) is -4.56. The maximum atomic E-state index is 9.40. The van der Waals surface area contributed by atoms with Gasteiger partial charge in [-0.05, 0) is 122 Å². The van der Waals surface area contributed by atoms with Gasteiger partial charge in [0.1, 0.15) is 80.6 Å². The number of ether oxygens (including phenoxy) is 15. The van der Waals surface area contributed by atoms with Crippen molar-refractivity contribution < 1.29 is 85.0 Å². The van der Waals surface area contributed by atoms with Crippen LogP contribution in [0.1, 0.15) is 83.1 Å². The van der Waals surface area contributed by atoms with Crippen molar-refractivity contribution in [1.29, 1.82) is 0 Å². The summed E-state index contributed by atoms with van der Waals surface area (Å²) in [6.45, 7) is 42.6. The topological polar surface area (TPSA) is 177 Å². The lowest BCUT2D eigenvalue weighted by atomic mass is 9.99. The SMILES string of the molecule is CC1(C)OC2[C@H](OC(CO)[C@@H]3OC(C)(C)O[C@H]23)O1.CC1(C)OC2[C@H](OC(CO[Si](C)(C)C)[C@@H]3OC(C)(C)O[C@H]23)O1.CC1(C)OC2[C@H](OC(CO[Si](C)(C)C)[C@@H]3OC(C)(C)O[C@H]23)O1.C[Si](C)(C)Cl. The van der Waals surface area contributed by atoms with Crippen molar-refractivity contribution in [3.05, 3.63) is 0 Å². The number of hydrogen-bond donors (Lipinski definition) is 1. The van der Waals surface area contributed by atoms with E-state index in [-0.39, 0.29) is 73.8 Å². The Morgan fingerprint density at radius 1 is 0.358 bits per heavy atom. The van der Waals surface area contributed by atoms with E-state index in [2.05, 4.69) is 58.9 Å². The van der Waals surface area contributed by atoms with Crippen molar-refractivity contribution in [3.8, 4) is 0 Å². The van der Waals surface area contributed by atoms with Crippen LogP contribution < -0.4 is 0 Å². The first kappa shape index (κ1) is 56.5. The lowest BCUT2D eigenvalue weighted by molar-refractivity contribution is -0.240. The summed E-state index contributed by atoms with van der Waals surface area (Å²) in [4.78, 5) is 0. The van der Waals surface area contributed by atoms with Gasteiger partial charge in [-0.2, -0.15) is 11.1 Å². The molecule has 18 nitrogen and oxygen atoms in total. The molecule has 9 aliphatic rings. The Morgan fingerprint density at radius 2 is 0.567 bits per heavy atom. The molecule has 6 unspecified atom stereocenters. The van der Waals surface area contributed by atoms with E-state index in [1.807, 2.05) is 83.1 Å². The number of halogens is 1. The molecule has 0 amide bonds. The van der Waals surface area contributed by atoms with Gasteiger partial charge in [-0.3, -0.25) is 0 Å². The van der Waals surface area contributed by atoms with Gasteiger partial charge in [0.15, 0.2) is 70.2 Å². The van der Waals surface area contributed by atoms with Crippen molar-refractivity contribution in [1.82, 2.24) is 0 Å². The molecule has 15 atom stereocenters. The van der Waals surface area contributed by atoms with E-state index < -0.39 is 83.7 Å². The van der Waals surface area contributed by atoms with Gasteiger partial charge >= 0.3 is 0 Å². The minimum atomic E-state index is -1.63. The van der Waals surface area contributed by atoms with Crippen molar-refractivity contribution in [2.75, 3.05) is 19.8 Å². The van der Waals surface area contributed by atoms with Crippen LogP contribution in [0.25, 0.3) is 0 Å². The standard InChI is InChI=1S/2C15H28O6Si.C12H20O6.C3H9ClSi/c2*1-14(2)18-10-9(8-16-22(5,6)7)17-13-12(11(10)19-14)20-15(3,4)21-13;1-11(2)15-7-6(5-13)14-10-9(8(7)16-11)17-12(3,4)18-10;1-5(2,3)4/h2*9-13H,8H2,1-7H3;6-10,13H,5H2,1-4H3;1-3H3/t2*9?,10-,11-,12?,13+;6?,7-,8-,9?,10+;/m000./s1. The molecule has 9 fully saturated rings. The molecular formula is C45H85ClO18Si3. The number of hydrogen-bond acceptors (Lipinski definition) is 18. The van der Waals surface area contributed by atoms with E-state index in [0.717, 1.165) is 0 Å². The minimum Gasteiger partial charge on any atom is -0.415 e. The molecule has 0 aromatic heterocycles. The van der Waals surface area contributed by atoms with E-state index in [1.165, 1.54) is 0 Å². The summed E-state index contributed by atoms with van der Waals surface area (Å²) in [5.74, 6) is -4.06. The molecule has 0 spiro atoms. The highest BCUT2D eigenvalue weighted by Crippen LogP contribution is 2.47. The Labute approximate surface area is 407 Å². The lowest BCUT2D eigenvalue weighted by Crippen LogP contribution is -2.56. The first-order valence-electron chi connectivity index (χ1n) is 23.9. The molecule has 0 aliphatic carbocycles. The van der Waals surface area contributed by atoms with E-state index in [4.69, 9.17) is 91.0 Å². The first-order valence-corrected chi connectivity index (χ1v) is 35.2. The second kappa shape index (κ2) is 19.8. The smallest absolute Gasteiger partial charge is 0.190 e. The molecule has 0 radical (unpaired) electrons. The molecule has 22 heteroatoms. The molecule has 1 N–H and O–H groups in total. The van der Waals surface area contributed by atoms with Crippen LogP contribution in [0.15, 0.2) is 0 Å². The zero-order chi connectivity index (χ0) is 50.3. The lowest BCUT2D eigenvalue weighted by Gasteiger charge is -2.38. The van der Waals surface area contributed by atoms with Crippen molar-refractivity contribution in [3.63, 3.8) is 0 Å². The predicted molar refractivity (Wildman–Crippen MR) is 252 cm³/mol. The Balaban J connectivity index is 0.000000158. The van der Waals surface area contributed by atoms with E-state index in [9.17, 15) is 5.11 Å². The largest absolute Gasteiger partial charge is 0.415 e. The zero-order valence-electron chi connectivity index (χ0n) is 44.0. The fourth-order valence-electron chi connectivity index (χ4n) is 9.16. The third kappa shape index (κ3) is 15.2. The molecule has 0 aromatic rings. The third-order valence-electron chi connectivity index (χ3n) is 11.3. The van der Waals surface area contributed by atoms with Gasteiger partial charge in [0.25, 0.3) is 0 Å². The van der Waals surface area contributed by atoms with Crippen molar-refractivity contribution in [2.24, 2.45) is 0 Å². The summed E-state index contributed by atoms with van der Waals surface area (Å²) >= 11 is 5.67. The highest BCUT2D eigenvalue weighted by molar-refractivity contribution is 7.18. The quantitative estimate of drug-likeness (QED) is 0.206. The van der Waals surface area contributed by atoms with Gasteiger partial charge in [-0.15, -0.1) is 0 Å². The van der Waals surface area contributed by atoms with Crippen LogP contribution in [0.4, 0.5) is 0 Å². The van der Waals surface area contributed by atoms with Crippen LogP contribution in [0, 0.1) is 0 Å². The van der Waals surface area contributed by atoms with Gasteiger partial charge in [0.05, 0.1) is 19.8 Å². The molecule has 9 saturated heterocycles. The van der Waals surface area contributed by atoms with Crippen molar-refractivity contribution >= 4 is 35.1 Å². The molecule has 0 aromatic carbocycles. The van der Waals surface area contributed by atoms with Gasteiger partial charge in [0.2, 0.25) is 0 Å². The minimum absolute atomic E-state index is 0.131. The molecular weight excluding hydrogens is 948 g/mol. The van der Waals surface area contributed by atoms with Crippen molar-refractivity contribution in [2.45, 2.75) is 269 Å². The van der Waals surface area contributed by atoms with E-state index in [1.54, 1.807) is 0 Å². The van der Waals surface area contributed by atoms with Crippen LogP contribution >= 0.6 is 11.1 Å². The summed E-state index contributed by atoms with van der Waals surface area (Å²) in [7, 11) is -4.40. The zero-order valence-corrected chi connectivity index (χ0v) is 47.8. The van der Waals surface area contributed by atoms with Gasteiger partial charge in [0, 0.05) is 0 Å². The molecule has 67 heavy (non-hydrogen) atoms. The summed E-state index contributed by atoms with van der Waals surface area (Å²) in [5, 5.41) is 9.40. The number of rotatable bonds is 7.